The Morgan fingerprint density at radius 3 is 2.93 bits per heavy atom. The van der Waals surface area contributed by atoms with E-state index in [4.69, 9.17) is 11.6 Å². The first-order valence-electron chi connectivity index (χ1n) is 13.9. The van der Waals surface area contributed by atoms with E-state index in [2.05, 4.69) is 17.2 Å². The van der Waals surface area contributed by atoms with Gasteiger partial charge in [0.25, 0.3) is 0 Å². The number of nitrogens with zero attached hydrogens (tertiary/aromatic N) is 1. The van der Waals surface area contributed by atoms with Crippen LogP contribution in [0.1, 0.15) is 86.3 Å². The second kappa shape index (κ2) is 7.44. The molecule has 0 bridgehead atoms. The van der Waals surface area contributed by atoms with Crippen LogP contribution in [0.4, 0.5) is 0 Å². The zero-order chi connectivity index (χ0) is 24.6. The van der Waals surface area contributed by atoms with Crippen LogP contribution in [-0.4, -0.2) is 29.8 Å². The lowest BCUT2D eigenvalue weighted by molar-refractivity contribution is 0.128. The van der Waals surface area contributed by atoms with Gasteiger partial charge in [0.1, 0.15) is 5.76 Å². The molecule has 0 spiro atoms. The first kappa shape index (κ1) is 15.1. The maximum absolute atomic E-state index is 8.93. The minimum absolute atomic E-state index is 0.0732. The molecule has 3 nitrogen and oxygen atoms in total. The standard InChI is InChI=1S/C25H38N2OS/c1-14-9-10-17-16-7-6-8-18(23(16)28-24(17)27-14)21-11-22-20(13-26-21)19(15(2)29-22)12-25(3,4)5/h15-17,19,21,24,26H,6-13H2,1-5H3/t15-,16-,17?,19+,21+,24-/m0/s1/i1D3,12D2. The summed E-state index contributed by atoms with van der Waals surface area (Å²) < 4.78 is 47.6. The van der Waals surface area contributed by atoms with Crippen LogP contribution in [-0.2, 0) is 4.74 Å². The number of nitrogens with one attached hydrogen (secondary N) is 1. The van der Waals surface area contributed by atoms with Gasteiger partial charge in [-0.05, 0) is 79.1 Å². The van der Waals surface area contributed by atoms with Crippen LogP contribution in [0.15, 0.2) is 26.8 Å². The van der Waals surface area contributed by atoms with Gasteiger partial charge in [0, 0.05) is 42.2 Å². The van der Waals surface area contributed by atoms with Crippen molar-refractivity contribution in [3.8, 4) is 0 Å². The second-order valence-corrected chi connectivity index (χ2v) is 11.9. The lowest BCUT2D eigenvalue weighted by Gasteiger charge is -2.34. The van der Waals surface area contributed by atoms with Gasteiger partial charge in [-0.2, -0.15) is 0 Å². The molecule has 1 unspecified atom stereocenters. The lowest BCUT2D eigenvalue weighted by atomic mass is 9.75. The molecule has 4 heterocycles. The van der Waals surface area contributed by atoms with Crippen LogP contribution in [0, 0.1) is 23.2 Å². The molecule has 0 radical (unpaired) electrons. The summed E-state index contributed by atoms with van der Waals surface area (Å²) >= 11 is 1.87. The largest absolute Gasteiger partial charge is 0.472 e. The Balaban J connectivity index is 1.40. The summed E-state index contributed by atoms with van der Waals surface area (Å²) in [6.45, 7) is 6.80. The maximum atomic E-state index is 8.93. The second-order valence-electron chi connectivity index (χ2n) is 10.5. The van der Waals surface area contributed by atoms with E-state index in [0.717, 1.165) is 44.4 Å². The molecule has 1 N–H and O–H groups in total. The number of thioether (sulfide) groups is 1. The predicted molar refractivity (Wildman–Crippen MR) is 123 cm³/mol. The van der Waals surface area contributed by atoms with Gasteiger partial charge in [0.2, 0.25) is 0 Å². The Labute approximate surface area is 188 Å². The quantitative estimate of drug-likeness (QED) is 0.589. The smallest absolute Gasteiger partial charge is 0.192 e. The fourth-order valence-electron chi connectivity index (χ4n) is 5.95. The summed E-state index contributed by atoms with van der Waals surface area (Å²) in [7, 11) is 0. The van der Waals surface area contributed by atoms with Crippen molar-refractivity contribution >= 4 is 17.5 Å². The molecular formula is C25H38N2OS. The van der Waals surface area contributed by atoms with Crippen molar-refractivity contribution in [2.75, 3.05) is 6.54 Å². The zero-order valence-electron chi connectivity index (χ0n) is 23.2. The Bertz CT molecular complexity index is 948. The van der Waals surface area contributed by atoms with E-state index in [9.17, 15) is 0 Å². The summed E-state index contributed by atoms with van der Waals surface area (Å²) in [6, 6.07) is 0.210. The van der Waals surface area contributed by atoms with E-state index in [1.807, 2.05) is 32.5 Å². The Morgan fingerprint density at radius 2 is 2.14 bits per heavy atom. The van der Waals surface area contributed by atoms with E-state index in [0.29, 0.717) is 24.0 Å². The van der Waals surface area contributed by atoms with Crippen LogP contribution in [0.3, 0.4) is 0 Å². The summed E-state index contributed by atoms with van der Waals surface area (Å²) in [5.41, 5.74) is 2.50. The summed E-state index contributed by atoms with van der Waals surface area (Å²) in [5, 5.41) is 3.99. The zero-order valence-corrected chi connectivity index (χ0v) is 19.0. The van der Waals surface area contributed by atoms with E-state index >= 15 is 0 Å². The summed E-state index contributed by atoms with van der Waals surface area (Å²) in [6.07, 6.45) is 3.90. The Kier molecular flexibility index (Phi) is 3.88. The SMILES string of the molecule is [2H]C([2H])([2H])C1=N[C@H]2OC3=C([C@H]4CC5=C(CN4)[C@H](C([2H])([2H])C(C)(C)C)[C@H](C)S5)CCC[C@H]3C2CC1. The number of fused-ring (bicyclic) bond motifs is 3. The molecular weight excluding hydrogens is 376 g/mol. The molecule has 29 heavy (non-hydrogen) atoms. The fourth-order valence-corrected chi connectivity index (χ4v) is 7.38. The molecule has 1 saturated heterocycles. The topological polar surface area (TPSA) is 33.6 Å². The van der Waals surface area contributed by atoms with Crippen molar-refractivity contribution in [3.05, 3.63) is 21.8 Å². The third kappa shape index (κ3) is 3.73. The van der Waals surface area contributed by atoms with Gasteiger partial charge in [0.05, 0.1) is 0 Å². The van der Waals surface area contributed by atoms with E-state index in [1.54, 1.807) is 0 Å². The van der Waals surface area contributed by atoms with E-state index < -0.39 is 18.6 Å². The molecule has 0 saturated carbocycles. The molecule has 0 aromatic carbocycles. The van der Waals surface area contributed by atoms with Gasteiger partial charge in [-0.25, -0.2) is 0 Å². The van der Waals surface area contributed by atoms with Crippen molar-refractivity contribution < 1.29 is 11.6 Å². The minimum atomic E-state index is -2.13. The molecule has 1 fully saturated rings. The highest BCUT2D eigenvalue weighted by Gasteiger charge is 2.47. The van der Waals surface area contributed by atoms with Crippen molar-refractivity contribution in [2.45, 2.75) is 97.0 Å². The minimum Gasteiger partial charge on any atom is -0.472 e. The first-order chi connectivity index (χ1) is 15.8. The van der Waals surface area contributed by atoms with Crippen LogP contribution in [0.2, 0.25) is 0 Å². The predicted octanol–water partition coefficient (Wildman–Crippen LogP) is 6.07. The summed E-state index contributed by atoms with van der Waals surface area (Å²) in [4.78, 5) is 5.93. The number of allylic oxidation sites excluding steroid dienone is 1. The molecule has 0 amide bonds. The Morgan fingerprint density at radius 1 is 1.28 bits per heavy atom. The maximum Gasteiger partial charge on any atom is 0.192 e. The molecule has 160 valence electrons. The van der Waals surface area contributed by atoms with Crippen molar-refractivity contribution in [2.24, 2.45) is 28.2 Å². The average molecular weight is 420 g/mol. The normalized spacial score (nSPS) is 43.2. The van der Waals surface area contributed by atoms with Gasteiger partial charge in [-0.1, -0.05) is 27.7 Å². The third-order valence-electron chi connectivity index (χ3n) is 7.21. The van der Waals surface area contributed by atoms with Crippen molar-refractivity contribution in [1.82, 2.24) is 5.32 Å². The first-order valence-corrected chi connectivity index (χ1v) is 12.3. The highest BCUT2D eigenvalue weighted by atomic mass is 32.2. The Hall–Kier alpha value is -0.740. The van der Waals surface area contributed by atoms with Gasteiger partial charge in [-0.15, -0.1) is 11.8 Å². The molecule has 5 rings (SSSR count). The van der Waals surface area contributed by atoms with Crippen molar-refractivity contribution in [1.29, 1.82) is 0 Å². The van der Waals surface area contributed by atoms with Crippen LogP contribution in [0.5, 0.6) is 0 Å². The lowest BCUT2D eigenvalue weighted by Crippen LogP contribution is -2.39. The molecule has 5 aliphatic rings. The van der Waals surface area contributed by atoms with Gasteiger partial charge in [0.15, 0.2) is 6.23 Å². The number of hydrogen-bond donors (Lipinski definition) is 1. The molecule has 4 aliphatic heterocycles. The third-order valence-corrected chi connectivity index (χ3v) is 8.57. The highest BCUT2D eigenvalue weighted by Crippen LogP contribution is 2.52. The highest BCUT2D eigenvalue weighted by molar-refractivity contribution is 8.03. The molecule has 0 aromatic rings. The van der Waals surface area contributed by atoms with Crippen LogP contribution >= 0.6 is 11.8 Å². The van der Waals surface area contributed by atoms with Crippen molar-refractivity contribution in [3.63, 3.8) is 0 Å². The van der Waals surface area contributed by atoms with Crippen LogP contribution in [0.25, 0.3) is 0 Å². The van der Waals surface area contributed by atoms with Crippen LogP contribution < -0.4 is 5.32 Å². The fraction of sp³-hybridized carbons (Fsp3) is 0.800. The average Bonchev–Trinajstić information content (AvgIpc) is 3.27. The number of ether oxygens (including phenoxy) is 1. The van der Waals surface area contributed by atoms with Gasteiger partial charge >= 0.3 is 0 Å². The van der Waals surface area contributed by atoms with Gasteiger partial charge in [-0.3, -0.25) is 4.99 Å². The molecule has 1 aliphatic carbocycles. The van der Waals surface area contributed by atoms with E-state index in [1.165, 1.54) is 16.1 Å². The van der Waals surface area contributed by atoms with Gasteiger partial charge < -0.3 is 10.1 Å². The number of aliphatic imine (C=N–C) groups is 1. The molecule has 0 aromatic heterocycles. The summed E-state index contributed by atoms with van der Waals surface area (Å²) in [5.74, 6) is 1.65. The molecule has 4 heteroatoms. The number of hydrogen-bond acceptors (Lipinski definition) is 4. The molecule has 6 atom stereocenters. The number of rotatable bonds is 2. The van der Waals surface area contributed by atoms with E-state index in [-0.39, 0.29) is 23.4 Å². The monoisotopic (exact) mass is 419 g/mol.